The predicted octanol–water partition coefficient (Wildman–Crippen LogP) is 2.89. The van der Waals surface area contributed by atoms with E-state index >= 15 is 0 Å². The van der Waals surface area contributed by atoms with Gasteiger partial charge in [0.05, 0.1) is 26.4 Å². The van der Waals surface area contributed by atoms with Gasteiger partial charge < -0.3 is 23.9 Å². The number of aryl methyl sites for hydroxylation is 1. The van der Waals surface area contributed by atoms with Gasteiger partial charge in [0.15, 0.2) is 0 Å². The number of aromatic nitrogens is 2. The van der Waals surface area contributed by atoms with Gasteiger partial charge in [0.1, 0.15) is 27.8 Å². The molecule has 0 saturated carbocycles. The van der Waals surface area contributed by atoms with E-state index in [9.17, 15) is 18.0 Å². The van der Waals surface area contributed by atoms with E-state index in [2.05, 4.69) is 15.5 Å². The van der Waals surface area contributed by atoms with Crippen LogP contribution in [-0.2, 0) is 32.2 Å². The molecule has 186 valence electrons. The zero-order chi connectivity index (χ0) is 25.2. The van der Waals surface area contributed by atoms with Crippen LogP contribution in [-0.4, -0.2) is 57.1 Å². The SMILES string of the molecule is CCOC(=O)c1c(NC(=O)CS(=O)(=O)c2nnc(-c3c(OC)cccc3OC)o2)sc2c1CCC2. The standard InChI is InChI=1S/C22H23N3O8S2/c1-4-32-21(27)17-12-7-5-10-15(12)34-20(17)23-16(26)11-35(28,29)22-25-24-19(33-22)18-13(30-2)8-6-9-14(18)31-3/h6,8-9H,4-5,7,10-11H2,1-3H3,(H,23,26). The van der Waals surface area contributed by atoms with Crippen molar-refractivity contribution < 1.29 is 36.6 Å². The molecule has 0 atom stereocenters. The lowest BCUT2D eigenvalue weighted by molar-refractivity contribution is -0.113. The highest BCUT2D eigenvalue weighted by Crippen LogP contribution is 2.40. The number of nitrogens with zero attached hydrogens (tertiary/aromatic N) is 2. The summed E-state index contributed by atoms with van der Waals surface area (Å²) < 4.78 is 46.8. The first-order valence-corrected chi connectivity index (χ1v) is 13.1. The highest BCUT2D eigenvalue weighted by atomic mass is 32.2. The summed E-state index contributed by atoms with van der Waals surface area (Å²) in [6.07, 6.45) is 2.40. The summed E-state index contributed by atoms with van der Waals surface area (Å²) in [7, 11) is -1.43. The molecule has 0 fully saturated rings. The van der Waals surface area contributed by atoms with Crippen LogP contribution in [0.3, 0.4) is 0 Å². The first-order chi connectivity index (χ1) is 16.8. The Morgan fingerprint density at radius 2 is 1.86 bits per heavy atom. The fraction of sp³-hybridized carbons (Fsp3) is 0.364. The number of fused-ring (bicyclic) bond motifs is 1. The van der Waals surface area contributed by atoms with Crippen LogP contribution < -0.4 is 14.8 Å². The molecule has 1 aliphatic carbocycles. The molecule has 2 heterocycles. The van der Waals surface area contributed by atoms with Crippen molar-refractivity contribution in [2.24, 2.45) is 0 Å². The van der Waals surface area contributed by atoms with Crippen molar-refractivity contribution in [2.45, 2.75) is 31.4 Å². The number of esters is 1. The number of anilines is 1. The predicted molar refractivity (Wildman–Crippen MR) is 126 cm³/mol. The van der Waals surface area contributed by atoms with Gasteiger partial charge in [0, 0.05) is 4.88 Å². The van der Waals surface area contributed by atoms with Crippen molar-refractivity contribution in [2.75, 3.05) is 31.9 Å². The number of amides is 1. The molecule has 3 aromatic rings. The monoisotopic (exact) mass is 521 g/mol. The minimum absolute atomic E-state index is 0.141. The van der Waals surface area contributed by atoms with Crippen LogP contribution in [0.1, 0.15) is 34.1 Å². The van der Waals surface area contributed by atoms with Crippen molar-refractivity contribution in [3.8, 4) is 23.0 Å². The molecule has 0 spiro atoms. The lowest BCUT2D eigenvalue weighted by Crippen LogP contribution is -2.24. The lowest BCUT2D eigenvalue weighted by Gasteiger charge is -2.09. The Kier molecular flexibility index (Phi) is 7.08. The second-order valence-electron chi connectivity index (χ2n) is 7.50. The summed E-state index contributed by atoms with van der Waals surface area (Å²) in [6.45, 7) is 1.87. The van der Waals surface area contributed by atoms with E-state index in [1.165, 1.54) is 25.6 Å². The normalized spacial score (nSPS) is 12.8. The van der Waals surface area contributed by atoms with Gasteiger partial charge in [-0.25, -0.2) is 13.2 Å². The Hall–Kier alpha value is -3.45. The van der Waals surface area contributed by atoms with E-state index in [4.69, 9.17) is 18.6 Å². The number of ether oxygens (including phenoxy) is 3. The minimum atomic E-state index is -4.29. The number of carbonyl (C=O) groups excluding carboxylic acids is 2. The number of hydrogen-bond acceptors (Lipinski definition) is 11. The van der Waals surface area contributed by atoms with Crippen LogP contribution in [0.25, 0.3) is 11.5 Å². The quantitative estimate of drug-likeness (QED) is 0.417. The number of rotatable bonds is 9. The molecule has 1 N–H and O–H groups in total. The van der Waals surface area contributed by atoms with E-state index < -0.39 is 32.7 Å². The summed E-state index contributed by atoms with van der Waals surface area (Å²) in [5, 5.41) is 9.52. The molecule has 35 heavy (non-hydrogen) atoms. The number of sulfone groups is 1. The molecule has 1 amide bonds. The summed E-state index contributed by atoms with van der Waals surface area (Å²) in [5.74, 6) is -1.80. The zero-order valence-electron chi connectivity index (χ0n) is 19.2. The van der Waals surface area contributed by atoms with Crippen molar-refractivity contribution in [3.63, 3.8) is 0 Å². The molecular weight excluding hydrogens is 498 g/mol. The molecule has 1 aliphatic rings. The summed E-state index contributed by atoms with van der Waals surface area (Å²) in [6, 6.07) is 4.94. The highest BCUT2D eigenvalue weighted by molar-refractivity contribution is 7.91. The van der Waals surface area contributed by atoms with E-state index in [0.29, 0.717) is 23.5 Å². The largest absolute Gasteiger partial charge is 0.496 e. The Morgan fingerprint density at radius 3 is 2.51 bits per heavy atom. The molecule has 2 aromatic heterocycles. The summed E-state index contributed by atoms with van der Waals surface area (Å²) in [4.78, 5) is 26.1. The maximum Gasteiger partial charge on any atom is 0.341 e. The van der Waals surface area contributed by atoms with Crippen LogP contribution in [0.5, 0.6) is 11.5 Å². The topological polar surface area (TPSA) is 147 Å². The second kappa shape index (κ2) is 10.0. The zero-order valence-corrected chi connectivity index (χ0v) is 20.9. The molecular formula is C22H23N3O8S2. The molecule has 0 radical (unpaired) electrons. The first-order valence-electron chi connectivity index (χ1n) is 10.7. The highest BCUT2D eigenvalue weighted by Gasteiger charge is 2.31. The molecule has 4 rings (SSSR count). The van der Waals surface area contributed by atoms with Crippen molar-refractivity contribution in [1.82, 2.24) is 10.2 Å². The minimum Gasteiger partial charge on any atom is -0.496 e. The molecule has 13 heteroatoms. The van der Waals surface area contributed by atoms with Gasteiger partial charge in [-0.15, -0.1) is 16.4 Å². The molecule has 0 bridgehead atoms. The van der Waals surface area contributed by atoms with Crippen LogP contribution in [0, 0.1) is 0 Å². The van der Waals surface area contributed by atoms with Crippen LogP contribution in [0.2, 0.25) is 0 Å². The average molecular weight is 522 g/mol. The number of benzene rings is 1. The Labute approximate surface area is 205 Å². The van der Waals surface area contributed by atoms with Crippen molar-refractivity contribution in [1.29, 1.82) is 0 Å². The fourth-order valence-corrected chi connectivity index (χ4v) is 6.01. The summed E-state index contributed by atoms with van der Waals surface area (Å²) >= 11 is 1.26. The Bertz CT molecular complexity index is 1350. The third kappa shape index (κ3) is 4.86. The van der Waals surface area contributed by atoms with Gasteiger partial charge in [0.25, 0.3) is 5.89 Å². The third-order valence-electron chi connectivity index (χ3n) is 5.29. The molecule has 0 saturated heterocycles. The fourth-order valence-electron chi connectivity index (χ4n) is 3.81. The Morgan fingerprint density at radius 1 is 1.14 bits per heavy atom. The van der Waals surface area contributed by atoms with Crippen LogP contribution in [0.15, 0.2) is 27.8 Å². The number of thiophene rings is 1. The second-order valence-corrected chi connectivity index (χ2v) is 10.5. The Balaban J connectivity index is 1.56. The first kappa shape index (κ1) is 24.7. The smallest absolute Gasteiger partial charge is 0.341 e. The molecule has 0 aliphatic heterocycles. The number of carbonyl (C=O) groups is 2. The van der Waals surface area contributed by atoms with Gasteiger partial charge in [-0.1, -0.05) is 11.2 Å². The van der Waals surface area contributed by atoms with Gasteiger partial charge in [0.2, 0.25) is 15.7 Å². The van der Waals surface area contributed by atoms with E-state index in [1.54, 1.807) is 25.1 Å². The molecule has 11 nitrogen and oxygen atoms in total. The van der Waals surface area contributed by atoms with Gasteiger partial charge >= 0.3 is 11.2 Å². The van der Waals surface area contributed by atoms with Crippen LogP contribution >= 0.6 is 11.3 Å². The van der Waals surface area contributed by atoms with E-state index in [1.807, 2.05) is 0 Å². The van der Waals surface area contributed by atoms with E-state index in [0.717, 1.165) is 23.3 Å². The average Bonchev–Trinajstić information content (AvgIpc) is 3.54. The van der Waals surface area contributed by atoms with Crippen molar-refractivity contribution in [3.05, 3.63) is 34.2 Å². The van der Waals surface area contributed by atoms with Gasteiger partial charge in [-0.3, -0.25) is 4.79 Å². The third-order valence-corrected chi connectivity index (χ3v) is 7.84. The number of hydrogen-bond donors (Lipinski definition) is 1. The number of nitrogens with one attached hydrogen (secondary N) is 1. The van der Waals surface area contributed by atoms with Crippen molar-refractivity contribution >= 4 is 38.1 Å². The maximum atomic E-state index is 12.8. The molecule has 1 aromatic carbocycles. The summed E-state index contributed by atoms with van der Waals surface area (Å²) in [5.41, 5.74) is 1.42. The molecule has 0 unspecified atom stereocenters. The van der Waals surface area contributed by atoms with Gasteiger partial charge in [-0.05, 0) is 43.9 Å². The number of methoxy groups -OCH3 is 2. The van der Waals surface area contributed by atoms with E-state index in [-0.39, 0.29) is 23.1 Å². The van der Waals surface area contributed by atoms with Gasteiger partial charge in [-0.2, -0.15) is 0 Å². The maximum absolute atomic E-state index is 12.8. The van der Waals surface area contributed by atoms with Crippen LogP contribution in [0.4, 0.5) is 5.00 Å². The lowest BCUT2D eigenvalue weighted by atomic mass is 10.1.